The minimum atomic E-state index is 0.758. The molecule has 0 saturated heterocycles. The second-order valence-corrected chi connectivity index (χ2v) is 3.28. The van der Waals surface area contributed by atoms with Crippen LogP contribution in [0.25, 0.3) is 0 Å². The topological polar surface area (TPSA) is 43.8 Å². The van der Waals surface area contributed by atoms with Crippen LogP contribution in [0.1, 0.15) is 26.7 Å². The highest BCUT2D eigenvalue weighted by atomic mass is 15.3. The molecule has 3 nitrogen and oxygen atoms in total. The molecular weight excluding hydrogens is 150 g/mol. The summed E-state index contributed by atoms with van der Waals surface area (Å²) in [6.07, 6.45) is 4.12. The lowest BCUT2D eigenvalue weighted by atomic mass is 10.1. The van der Waals surface area contributed by atoms with Gasteiger partial charge < -0.3 is 5.73 Å². The van der Waals surface area contributed by atoms with Gasteiger partial charge in [-0.25, -0.2) is 0 Å². The van der Waals surface area contributed by atoms with E-state index in [1.54, 1.807) is 6.20 Å². The number of hydrogen-bond donors (Lipinski definition) is 1. The molecule has 3 heteroatoms. The fourth-order valence-electron chi connectivity index (χ4n) is 1.08. The van der Waals surface area contributed by atoms with Crippen molar-refractivity contribution in [3.63, 3.8) is 0 Å². The highest BCUT2D eigenvalue weighted by molar-refractivity contribution is 5.25. The molecule has 1 aromatic rings. The van der Waals surface area contributed by atoms with E-state index in [2.05, 4.69) is 18.9 Å². The molecule has 0 radical (unpaired) electrons. The van der Waals surface area contributed by atoms with Crippen molar-refractivity contribution in [1.29, 1.82) is 0 Å². The van der Waals surface area contributed by atoms with Gasteiger partial charge in [0.25, 0.3) is 0 Å². The number of anilines is 1. The molecule has 1 unspecified atom stereocenters. The van der Waals surface area contributed by atoms with E-state index in [-0.39, 0.29) is 0 Å². The zero-order valence-corrected chi connectivity index (χ0v) is 7.83. The van der Waals surface area contributed by atoms with Gasteiger partial charge in [-0.05, 0) is 18.4 Å². The molecule has 0 aliphatic carbocycles. The molecule has 1 atom stereocenters. The van der Waals surface area contributed by atoms with Crippen molar-refractivity contribution in [3.05, 3.63) is 12.3 Å². The zero-order valence-electron chi connectivity index (χ0n) is 7.83. The van der Waals surface area contributed by atoms with Crippen molar-refractivity contribution in [2.24, 2.45) is 5.92 Å². The average molecular weight is 167 g/mol. The molecular formula is C9H17N3. The van der Waals surface area contributed by atoms with Crippen molar-refractivity contribution in [3.8, 4) is 0 Å². The van der Waals surface area contributed by atoms with Gasteiger partial charge in [0.2, 0.25) is 0 Å². The van der Waals surface area contributed by atoms with E-state index >= 15 is 0 Å². The van der Waals surface area contributed by atoms with Crippen molar-refractivity contribution < 1.29 is 0 Å². The molecule has 0 saturated carbocycles. The molecule has 0 aliphatic rings. The van der Waals surface area contributed by atoms with Crippen molar-refractivity contribution in [2.45, 2.75) is 33.2 Å². The molecule has 0 spiro atoms. The van der Waals surface area contributed by atoms with Crippen molar-refractivity contribution in [2.75, 3.05) is 5.73 Å². The summed E-state index contributed by atoms with van der Waals surface area (Å²) in [7, 11) is 0. The molecule has 0 amide bonds. The van der Waals surface area contributed by atoms with E-state index in [0.717, 1.165) is 24.7 Å². The number of nitrogen functional groups attached to an aromatic ring is 1. The Balaban J connectivity index is 2.38. The minimum absolute atomic E-state index is 0.758. The lowest BCUT2D eigenvalue weighted by Gasteiger charge is -2.08. The molecule has 2 N–H and O–H groups in total. The van der Waals surface area contributed by atoms with E-state index in [0.29, 0.717) is 0 Å². The quantitative estimate of drug-likeness (QED) is 0.744. The summed E-state index contributed by atoms with van der Waals surface area (Å²) in [4.78, 5) is 0. The highest BCUT2D eigenvalue weighted by Gasteiger charge is 2.01. The summed E-state index contributed by atoms with van der Waals surface area (Å²) < 4.78 is 1.85. The molecule has 0 aliphatic heterocycles. The predicted octanol–water partition coefficient (Wildman–Crippen LogP) is 1.90. The standard InChI is InChI=1S/C9H17N3/c1-3-8(2)5-7-12-9(10)4-6-11-12/h4,6,8H,3,5,7,10H2,1-2H3. The number of rotatable bonds is 4. The zero-order chi connectivity index (χ0) is 8.97. The summed E-state index contributed by atoms with van der Waals surface area (Å²) in [5, 5.41) is 4.11. The largest absolute Gasteiger partial charge is 0.384 e. The van der Waals surface area contributed by atoms with E-state index in [1.165, 1.54) is 6.42 Å². The molecule has 1 aromatic heterocycles. The summed E-state index contributed by atoms with van der Waals surface area (Å²) in [5.41, 5.74) is 5.67. The third kappa shape index (κ3) is 2.26. The Kier molecular flexibility index (Phi) is 3.14. The van der Waals surface area contributed by atoms with Crippen LogP contribution in [0.5, 0.6) is 0 Å². The van der Waals surface area contributed by atoms with Gasteiger partial charge >= 0.3 is 0 Å². The van der Waals surface area contributed by atoms with Crippen LogP contribution in [-0.4, -0.2) is 9.78 Å². The Morgan fingerprint density at radius 2 is 2.42 bits per heavy atom. The Morgan fingerprint density at radius 3 is 2.92 bits per heavy atom. The molecule has 0 fully saturated rings. The summed E-state index contributed by atoms with van der Waals surface area (Å²) in [5.74, 6) is 1.52. The normalized spacial score (nSPS) is 13.2. The molecule has 12 heavy (non-hydrogen) atoms. The van der Waals surface area contributed by atoms with Crippen LogP contribution in [0.3, 0.4) is 0 Å². The van der Waals surface area contributed by atoms with Gasteiger partial charge in [0.15, 0.2) is 0 Å². The molecule has 0 bridgehead atoms. The smallest absolute Gasteiger partial charge is 0.121 e. The van der Waals surface area contributed by atoms with E-state index < -0.39 is 0 Å². The summed E-state index contributed by atoms with van der Waals surface area (Å²) in [6.45, 7) is 5.39. The van der Waals surface area contributed by atoms with Crippen LogP contribution < -0.4 is 5.73 Å². The van der Waals surface area contributed by atoms with Gasteiger partial charge in [-0.1, -0.05) is 20.3 Å². The van der Waals surface area contributed by atoms with Gasteiger partial charge in [-0.3, -0.25) is 4.68 Å². The Bertz CT molecular complexity index is 229. The van der Waals surface area contributed by atoms with Crippen LogP contribution in [-0.2, 0) is 6.54 Å². The van der Waals surface area contributed by atoms with Gasteiger partial charge in [-0.15, -0.1) is 0 Å². The summed E-state index contributed by atoms with van der Waals surface area (Å²) in [6, 6.07) is 1.83. The average Bonchev–Trinajstić information content (AvgIpc) is 2.47. The van der Waals surface area contributed by atoms with Gasteiger partial charge in [0.1, 0.15) is 5.82 Å². The van der Waals surface area contributed by atoms with Crippen LogP contribution in [0.15, 0.2) is 12.3 Å². The van der Waals surface area contributed by atoms with Crippen LogP contribution >= 0.6 is 0 Å². The Morgan fingerprint density at radius 1 is 1.67 bits per heavy atom. The number of nitrogens with zero attached hydrogens (tertiary/aromatic N) is 2. The minimum Gasteiger partial charge on any atom is -0.384 e. The molecule has 1 heterocycles. The first kappa shape index (κ1) is 9.10. The highest BCUT2D eigenvalue weighted by Crippen LogP contribution is 2.09. The first-order valence-electron chi connectivity index (χ1n) is 4.51. The SMILES string of the molecule is CCC(C)CCn1nccc1N. The monoisotopic (exact) mass is 167 g/mol. The summed E-state index contributed by atoms with van der Waals surface area (Å²) >= 11 is 0. The maximum atomic E-state index is 5.67. The fourth-order valence-corrected chi connectivity index (χ4v) is 1.08. The number of nitrogens with two attached hydrogens (primary N) is 1. The lowest BCUT2D eigenvalue weighted by Crippen LogP contribution is -2.07. The molecule has 0 aromatic carbocycles. The fraction of sp³-hybridized carbons (Fsp3) is 0.667. The second kappa shape index (κ2) is 4.14. The van der Waals surface area contributed by atoms with Crippen molar-refractivity contribution in [1.82, 2.24) is 9.78 Å². The number of hydrogen-bond acceptors (Lipinski definition) is 2. The maximum Gasteiger partial charge on any atom is 0.121 e. The third-order valence-electron chi connectivity index (χ3n) is 2.28. The number of aromatic nitrogens is 2. The van der Waals surface area contributed by atoms with Crippen LogP contribution in [0, 0.1) is 5.92 Å². The third-order valence-corrected chi connectivity index (χ3v) is 2.28. The maximum absolute atomic E-state index is 5.67. The Hall–Kier alpha value is -0.990. The van der Waals surface area contributed by atoms with E-state index in [1.807, 2.05) is 10.7 Å². The lowest BCUT2D eigenvalue weighted by molar-refractivity contribution is 0.452. The second-order valence-electron chi connectivity index (χ2n) is 3.28. The van der Waals surface area contributed by atoms with Gasteiger partial charge in [0.05, 0.1) is 6.20 Å². The first-order chi connectivity index (χ1) is 5.74. The first-order valence-corrected chi connectivity index (χ1v) is 4.51. The van der Waals surface area contributed by atoms with Crippen molar-refractivity contribution >= 4 is 5.82 Å². The molecule has 68 valence electrons. The van der Waals surface area contributed by atoms with Gasteiger partial charge in [-0.2, -0.15) is 5.10 Å². The van der Waals surface area contributed by atoms with E-state index in [4.69, 9.17) is 5.73 Å². The number of aryl methyl sites for hydroxylation is 1. The Labute approximate surface area is 73.6 Å². The van der Waals surface area contributed by atoms with Gasteiger partial charge in [0, 0.05) is 6.54 Å². The predicted molar refractivity (Wildman–Crippen MR) is 50.7 cm³/mol. The molecule has 1 rings (SSSR count). The van der Waals surface area contributed by atoms with Crippen LogP contribution in [0.2, 0.25) is 0 Å². The van der Waals surface area contributed by atoms with E-state index in [9.17, 15) is 0 Å². The van der Waals surface area contributed by atoms with Crippen LogP contribution in [0.4, 0.5) is 5.82 Å².